The summed E-state index contributed by atoms with van der Waals surface area (Å²) in [6, 6.07) is 0. The summed E-state index contributed by atoms with van der Waals surface area (Å²) in [5.74, 6) is -3.24. The number of hydrogen-bond acceptors (Lipinski definition) is 3. The molecule has 0 saturated heterocycles. The fourth-order valence-corrected chi connectivity index (χ4v) is 1.38. The molecule has 0 heterocycles. The Morgan fingerprint density at radius 3 is 2.06 bits per heavy atom. The summed E-state index contributed by atoms with van der Waals surface area (Å²) >= 11 is 0. The van der Waals surface area contributed by atoms with Gasteiger partial charge in [0.1, 0.15) is 0 Å². The largest absolute Gasteiger partial charge is 0.479 e. The van der Waals surface area contributed by atoms with Gasteiger partial charge in [0.25, 0.3) is 0 Å². The van der Waals surface area contributed by atoms with Gasteiger partial charge in [-0.15, -0.1) is 0 Å². The highest BCUT2D eigenvalue weighted by Crippen LogP contribution is 2.34. The van der Waals surface area contributed by atoms with E-state index in [1.54, 1.807) is 0 Å². The van der Waals surface area contributed by atoms with Crippen LogP contribution in [0.15, 0.2) is 0 Å². The van der Waals surface area contributed by atoms with Gasteiger partial charge in [-0.25, -0.2) is 4.79 Å². The minimum Gasteiger partial charge on any atom is -0.479 e. The molecule has 1 aliphatic rings. The average molecular weight is 254 g/mol. The van der Waals surface area contributed by atoms with E-state index in [2.05, 4.69) is 0 Å². The van der Waals surface area contributed by atoms with Crippen LogP contribution in [0.1, 0.15) is 26.2 Å². The van der Waals surface area contributed by atoms with Crippen LogP contribution in [0.25, 0.3) is 0 Å². The molecule has 1 atom stereocenters. The normalized spacial score (nSPS) is 22.2. The van der Waals surface area contributed by atoms with Crippen LogP contribution in [0.2, 0.25) is 0 Å². The molecule has 8 heteroatoms. The molecule has 1 rings (SSSR count). The van der Waals surface area contributed by atoms with Gasteiger partial charge >= 0.3 is 12.1 Å². The second kappa shape index (κ2) is 3.86. The van der Waals surface area contributed by atoms with Crippen molar-refractivity contribution in [2.75, 3.05) is 0 Å². The molecule has 0 aromatic rings. The van der Waals surface area contributed by atoms with E-state index in [1.807, 2.05) is 0 Å². The first-order valence-electron chi connectivity index (χ1n) is 4.94. The Hall–Kier alpha value is -1.31. The summed E-state index contributed by atoms with van der Waals surface area (Å²) in [5.41, 5.74) is 0.838. The van der Waals surface area contributed by atoms with E-state index in [0.717, 1.165) is 0 Å². The highest BCUT2D eigenvalue weighted by atomic mass is 19.4. The van der Waals surface area contributed by atoms with Crippen LogP contribution in [0, 0.1) is 0 Å². The average Bonchev–Trinajstić information content (AvgIpc) is 2.11. The number of aliphatic carboxylic acids is 1. The van der Waals surface area contributed by atoms with E-state index < -0.39 is 29.1 Å². The highest BCUT2D eigenvalue weighted by molar-refractivity contribution is 5.92. The number of carboxylic acid groups (broad SMARTS) is 1. The number of halogens is 3. The van der Waals surface area contributed by atoms with E-state index in [0.29, 0.717) is 13.3 Å². The molecule has 1 fully saturated rings. The lowest BCUT2D eigenvalue weighted by molar-refractivity contribution is -0.207. The second-order valence-corrected chi connectivity index (χ2v) is 4.39. The number of rotatable bonds is 3. The number of nitrogens with one attached hydrogen (secondary N) is 1. The van der Waals surface area contributed by atoms with Crippen LogP contribution in [-0.4, -0.2) is 34.2 Å². The van der Waals surface area contributed by atoms with Crippen molar-refractivity contribution in [3.63, 3.8) is 0 Å². The standard InChI is InChI=1S/C9H13F3N2O3/c1-7(6(16)17,9(10,11)12)14-5(15)8(13)3-2-4-8/h2-4,13H2,1H3,(H,14,15)(H,16,17). The van der Waals surface area contributed by atoms with Gasteiger partial charge in [0, 0.05) is 0 Å². The summed E-state index contributed by atoms with van der Waals surface area (Å²) in [7, 11) is 0. The Labute approximate surface area is 95.2 Å². The number of amides is 1. The van der Waals surface area contributed by atoms with Crippen LogP contribution in [-0.2, 0) is 9.59 Å². The van der Waals surface area contributed by atoms with E-state index >= 15 is 0 Å². The van der Waals surface area contributed by atoms with E-state index in [9.17, 15) is 22.8 Å². The van der Waals surface area contributed by atoms with Crippen molar-refractivity contribution in [3.05, 3.63) is 0 Å². The summed E-state index contributed by atoms with van der Waals surface area (Å²) in [6.45, 7) is 0.398. The lowest BCUT2D eigenvalue weighted by Crippen LogP contribution is -2.68. The molecule has 98 valence electrons. The van der Waals surface area contributed by atoms with Gasteiger partial charge in [-0.05, 0) is 26.2 Å². The predicted octanol–water partition coefficient (Wildman–Crippen LogP) is 0.390. The molecular formula is C9H13F3N2O3. The Kier molecular flexibility index (Phi) is 3.13. The van der Waals surface area contributed by atoms with E-state index in [-0.39, 0.29) is 12.8 Å². The van der Waals surface area contributed by atoms with Gasteiger partial charge in [0.05, 0.1) is 5.54 Å². The van der Waals surface area contributed by atoms with Gasteiger partial charge in [-0.1, -0.05) is 0 Å². The molecule has 0 aromatic heterocycles. The number of alkyl halides is 3. The van der Waals surface area contributed by atoms with Gasteiger partial charge < -0.3 is 16.2 Å². The Morgan fingerprint density at radius 2 is 1.82 bits per heavy atom. The molecule has 17 heavy (non-hydrogen) atoms. The first-order valence-corrected chi connectivity index (χ1v) is 4.94. The van der Waals surface area contributed by atoms with Gasteiger partial charge in [0.15, 0.2) is 0 Å². The van der Waals surface area contributed by atoms with Crippen LogP contribution >= 0.6 is 0 Å². The monoisotopic (exact) mass is 254 g/mol. The van der Waals surface area contributed by atoms with Gasteiger partial charge in [-0.3, -0.25) is 4.79 Å². The smallest absolute Gasteiger partial charge is 0.422 e. The van der Waals surface area contributed by atoms with Gasteiger partial charge in [0.2, 0.25) is 11.4 Å². The first kappa shape index (κ1) is 13.8. The first-order chi connectivity index (χ1) is 7.53. The van der Waals surface area contributed by atoms with Crippen molar-refractivity contribution in [2.24, 2.45) is 5.73 Å². The molecule has 1 saturated carbocycles. The molecule has 1 amide bonds. The molecule has 1 aliphatic carbocycles. The number of hydrogen-bond donors (Lipinski definition) is 3. The van der Waals surface area contributed by atoms with Crippen molar-refractivity contribution >= 4 is 11.9 Å². The molecule has 0 spiro atoms. The third-order valence-corrected chi connectivity index (χ3v) is 3.06. The zero-order chi connectivity index (χ0) is 13.5. The lowest BCUT2D eigenvalue weighted by Gasteiger charge is -2.39. The highest BCUT2D eigenvalue weighted by Gasteiger charge is 2.60. The summed E-state index contributed by atoms with van der Waals surface area (Å²) in [4.78, 5) is 22.2. The van der Waals surface area contributed by atoms with Crippen LogP contribution in [0.4, 0.5) is 13.2 Å². The Morgan fingerprint density at radius 1 is 1.35 bits per heavy atom. The third-order valence-electron chi connectivity index (χ3n) is 3.06. The molecule has 0 bridgehead atoms. The fraction of sp³-hybridized carbons (Fsp3) is 0.778. The molecule has 4 N–H and O–H groups in total. The van der Waals surface area contributed by atoms with Crippen LogP contribution < -0.4 is 11.1 Å². The van der Waals surface area contributed by atoms with Crippen molar-refractivity contribution in [1.82, 2.24) is 5.32 Å². The number of carboxylic acids is 1. The van der Waals surface area contributed by atoms with Crippen molar-refractivity contribution in [2.45, 2.75) is 43.4 Å². The number of carbonyl (C=O) groups excluding carboxylic acids is 1. The zero-order valence-electron chi connectivity index (χ0n) is 9.10. The minimum absolute atomic E-state index is 0.256. The number of nitrogens with two attached hydrogens (primary N) is 1. The maximum atomic E-state index is 12.6. The second-order valence-electron chi connectivity index (χ2n) is 4.39. The topological polar surface area (TPSA) is 92.4 Å². The quantitative estimate of drug-likeness (QED) is 0.679. The molecule has 5 nitrogen and oxygen atoms in total. The molecule has 0 aliphatic heterocycles. The van der Waals surface area contributed by atoms with E-state index in [1.165, 1.54) is 5.32 Å². The summed E-state index contributed by atoms with van der Waals surface area (Å²) in [6.07, 6.45) is -3.94. The molecule has 0 aromatic carbocycles. The SMILES string of the molecule is CC(NC(=O)C1(N)CCC1)(C(=O)O)C(F)(F)F. The summed E-state index contributed by atoms with van der Waals surface area (Å²) < 4.78 is 37.8. The third kappa shape index (κ3) is 2.21. The van der Waals surface area contributed by atoms with Crippen molar-refractivity contribution in [3.8, 4) is 0 Å². The van der Waals surface area contributed by atoms with Crippen molar-refractivity contribution in [1.29, 1.82) is 0 Å². The van der Waals surface area contributed by atoms with Crippen LogP contribution in [0.3, 0.4) is 0 Å². The molecular weight excluding hydrogens is 241 g/mol. The van der Waals surface area contributed by atoms with Gasteiger partial charge in [-0.2, -0.15) is 13.2 Å². The Balaban J connectivity index is 2.89. The predicted molar refractivity (Wildman–Crippen MR) is 51.0 cm³/mol. The minimum atomic E-state index is -5.09. The van der Waals surface area contributed by atoms with Crippen molar-refractivity contribution < 1.29 is 27.9 Å². The lowest BCUT2D eigenvalue weighted by atomic mass is 9.76. The maximum Gasteiger partial charge on any atom is 0.422 e. The fourth-order valence-electron chi connectivity index (χ4n) is 1.38. The zero-order valence-corrected chi connectivity index (χ0v) is 9.10. The molecule has 0 radical (unpaired) electrons. The molecule has 1 unspecified atom stereocenters. The number of carbonyl (C=O) groups is 2. The van der Waals surface area contributed by atoms with E-state index in [4.69, 9.17) is 10.8 Å². The summed E-state index contributed by atoms with van der Waals surface area (Å²) in [5, 5.41) is 10.1. The maximum absolute atomic E-state index is 12.6. The van der Waals surface area contributed by atoms with Crippen LogP contribution in [0.5, 0.6) is 0 Å². The Bertz CT molecular complexity index is 352.